The topological polar surface area (TPSA) is 42.7 Å². The Hall–Kier alpha value is -1.01. The minimum Gasteiger partial charge on any atom is -0.479 e. The van der Waals surface area contributed by atoms with Gasteiger partial charge in [-0.1, -0.05) is 11.8 Å². The molecule has 0 spiro atoms. The van der Waals surface area contributed by atoms with Gasteiger partial charge in [-0.3, -0.25) is 4.79 Å². The van der Waals surface area contributed by atoms with Crippen LogP contribution in [0.4, 0.5) is 0 Å². The second-order valence-corrected chi connectivity index (χ2v) is 6.78. The fourth-order valence-corrected chi connectivity index (χ4v) is 2.51. The Morgan fingerprint density at radius 1 is 1.50 bits per heavy atom. The van der Waals surface area contributed by atoms with E-state index >= 15 is 0 Å². The number of carbonyl (C=O) groups excluding carboxylic acids is 1. The lowest BCUT2D eigenvalue weighted by Gasteiger charge is -2.35. The summed E-state index contributed by atoms with van der Waals surface area (Å²) in [6.45, 7) is 8.85. The first kappa shape index (κ1) is 17.0. The summed E-state index contributed by atoms with van der Waals surface area (Å²) in [6, 6.07) is 3.68. The first-order valence-corrected chi connectivity index (χ1v) is 7.86. The number of carbonyl (C=O) groups is 1. The SMILES string of the molecule is CCOC(=S)SCC(=O)N(Cc1ccco1)C(C)(C)C. The number of amides is 1. The molecule has 0 fully saturated rings. The molecule has 1 aromatic heterocycles. The maximum atomic E-state index is 12.4. The van der Waals surface area contributed by atoms with E-state index in [-0.39, 0.29) is 17.2 Å². The maximum absolute atomic E-state index is 12.4. The molecule has 1 amide bonds. The summed E-state index contributed by atoms with van der Waals surface area (Å²) in [6.07, 6.45) is 1.61. The monoisotopic (exact) mass is 315 g/mol. The van der Waals surface area contributed by atoms with Crippen molar-refractivity contribution in [3.63, 3.8) is 0 Å². The Morgan fingerprint density at radius 3 is 2.70 bits per heavy atom. The second-order valence-electron chi connectivity index (χ2n) is 5.20. The molecule has 0 aliphatic rings. The molecular formula is C14H21NO3S2. The third-order valence-electron chi connectivity index (χ3n) is 2.58. The number of hydrogen-bond acceptors (Lipinski definition) is 5. The fraction of sp³-hybridized carbons (Fsp3) is 0.571. The zero-order chi connectivity index (χ0) is 15.2. The van der Waals surface area contributed by atoms with E-state index in [4.69, 9.17) is 21.4 Å². The molecule has 0 unspecified atom stereocenters. The highest BCUT2D eigenvalue weighted by Gasteiger charge is 2.27. The normalized spacial score (nSPS) is 11.2. The van der Waals surface area contributed by atoms with Gasteiger partial charge in [-0.05, 0) is 52.0 Å². The minimum absolute atomic E-state index is 0.0148. The number of rotatable bonds is 5. The van der Waals surface area contributed by atoms with E-state index in [1.54, 1.807) is 11.2 Å². The number of nitrogens with zero attached hydrogens (tertiary/aromatic N) is 1. The lowest BCUT2D eigenvalue weighted by atomic mass is 10.1. The number of hydrogen-bond donors (Lipinski definition) is 0. The average Bonchev–Trinajstić information content (AvgIpc) is 2.85. The number of furan rings is 1. The quantitative estimate of drug-likeness (QED) is 0.778. The summed E-state index contributed by atoms with van der Waals surface area (Å²) in [5.74, 6) is 1.06. The highest BCUT2D eigenvalue weighted by atomic mass is 32.2. The van der Waals surface area contributed by atoms with Crippen LogP contribution in [0.15, 0.2) is 22.8 Å². The highest BCUT2D eigenvalue weighted by molar-refractivity contribution is 8.23. The van der Waals surface area contributed by atoms with Crippen molar-refractivity contribution in [1.82, 2.24) is 4.90 Å². The van der Waals surface area contributed by atoms with E-state index in [2.05, 4.69) is 0 Å². The van der Waals surface area contributed by atoms with Crippen molar-refractivity contribution < 1.29 is 13.9 Å². The van der Waals surface area contributed by atoms with E-state index in [1.807, 2.05) is 39.8 Å². The van der Waals surface area contributed by atoms with Crippen LogP contribution in [0.3, 0.4) is 0 Å². The van der Waals surface area contributed by atoms with Crippen molar-refractivity contribution in [2.75, 3.05) is 12.4 Å². The third-order valence-corrected chi connectivity index (χ3v) is 3.80. The Labute approximate surface area is 129 Å². The number of thiocarbonyl (C=S) groups is 1. The van der Waals surface area contributed by atoms with Gasteiger partial charge in [-0.25, -0.2) is 0 Å². The predicted octanol–water partition coefficient (Wildman–Crippen LogP) is 3.46. The van der Waals surface area contributed by atoms with Crippen molar-refractivity contribution in [2.24, 2.45) is 0 Å². The van der Waals surface area contributed by atoms with Crippen molar-refractivity contribution in [2.45, 2.75) is 39.8 Å². The van der Waals surface area contributed by atoms with Gasteiger partial charge in [-0.15, -0.1) is 0 Å². The molecule has 0 radical (unpaired) electrons. The van der Waals surface area contributed by atoms with Gasteiger partial charge in [0.1, 0.15) is 5.76 Å². The molecule has 1 aromatic rings. The molecule has 0 aliphatic carbocycles. The predicted molar refractivity (Wildman–Crippen MR) is 85.7 cm³/mol. The molecule has 1 heterocycles. The molecule has 0 aliphatic heterocycles. The van der Waals surface area contributed by atoms with Gasteiger partial charge in [0, 0.05) is 5.54 Å². The summed E-state index contributed by atoms with van der Waals surface area (Å²) in [7, 11) is 0. The van der Waals surface area contributed by atoms with E-state index in [0.717, 1.165) is 5.76 Å². The van der Waals surface area contributed by atoms with Crippen LogP contribution in [0.2, 0.25) is 0 Å². The molecule has 0 aromatic carbocycles. The smallest absolute Gasteiger partial charge is 0.233 e. The van der Waals surface area contributed by atoms with Crippen LogP contribution in [0.25, 0.3) is 0 Å². The van der Waals surface area contributed by atoms with Crippen LogP contribution >= 0.6 is 24.0 Å². The molecule has 1 rings (SSSR count). The Bertz CT molecular complexity index is 438. The van der Waals surface area contributed by atoms with Crippen LogP contribution in [0.5, 0.6) is 0 Å². The van der Waals surface area contributed by atoms with Crippen molar-refractivity contribution in [3.8, 4) is 0 Å². The number of thioether (sulfide) groups is 1. The first-order valence-electron chi connectivity index (χ1n) is 6.47. The minimum atomic E-state index is -0.280. The van der Waals surface area contributed by atoms with Gasteiger partial charge >= 0.3 is 0 Å². The van der Waals surface area contributed by atoms with Crippen LogP contribution in [-0.2, 0) is 16.1 Å². The zero-order valence-corrected chi connectivity index (χ0v) is 14.0. The summed E-state index contributed by atoms with van der Waals surface area (Å²) >= 11 is 6.27. The maximum Gasteiger partial charge on any atom is 0.233 e. The Morgan fingerprint density at radius 2 is 2.20 bits per heavy atom. The summed E-state index contributed by atoms with van der Waals surface area (Å²) in [5, 5.41) is 0. The molecule has 0 N–H and O–H groups in total. The van der Waals surface area contributed by atoms with Crippen LogP contribution < -0.4 is 0 Å². The third kappa shape index (κ3) is 5.54. The van der Waals surface area contributed by atoms with Crippen molar-refractivity contribution in [1.29, 1.82) is 0 Å². The highest BCUT2D eigenvalue weighted by Crippen LogP contribution is 2.20. The second kappa shape index (κ2) is 7.69. The van der Waals surface area contributed by atoms with Gasteiger partial charge in [0.05, 0.1) is 25.2 Å². The molecule has 4 nitrogen and oxygen atoms in total. The van der Waals surface area contributed by atoms with Gasteiger partial charge in [0.15, 0.2) is 0 Å². The van der Waals surface area contributed by atoms with Crippen molar-refractivity contribution >= 4 is 34.3 Å². The molecule has 0 bridgehead atoms. The van der Waals surface area contributed by atoms with Crippen LogP contribution in [0.1, 0.15) is 33.5 Å². The summed E-state index contributed by atoms with van der Waals surface area (Å²) < 4.78 is 10.9. The molecule has 0 saturated carbocycles. The summed E-state index contributed by atoms with van der Waals surface area (Å²) in [4.78, 5) is 14.2. The van der Waals surface area contributed by atoms with Gasteiger partial charge in [0.25, 0.3) is 0 Å². The van der Waals surface area contributed by atoms with E-state index in [9.17, 15) is 4.79 Å². The average molecular weight is 315 g/mol. The Balaban J connectivity index is 2.64. The first-order chi connectivity index (χ1) is 9.34. The number of ether oxygens (including phenoxy) is 1. The molecule has 20 heavy (non-hydrogen) atoms. The standard InChI is InChI=1S/C14H21NO3S2/c1-5-17-13(19)20-10-12(16)15(14(2,3)4)9-11-7-6-8-18-11/h6-8H,5,9-10H2,1-4H3. The summed E-state index contributed by atoms with van der Waals surface area (Å²) in [5.41, 5.74) is -0.280. The van der Waals surface area contributed by atoms with Crippen molar-refractivity contribution in [3.05, 3.63) is 24.2 Å². The lowest BCUT2D eigenvalue weighted by molar-refractivity contribution is -0.134. The van der Waals surface area contributed by atoms with Crippen LogP contribution in [0, 0.1) is 0 Å². The lowest BCUT2D eigenvalue weighted by Crippen LogP contribution is -2.46. The van der Waals surface area contributed by atoms with Gasteiger partial charge < -0.3 is 14.1 Å². The van der Waals surface area contributed by atoms with E-state index < -0.39 is 0 Å². The van der Waals surface area contributed by atoms with Crippen LogP contribution in [-0.4, -0.2) is 33.1 Å². The molecule has 0 saturated heterocycles. The van der Waals surface area contributed by atoms with E-state index in [0.29, 0.717) is 17.5 Å². The molecule has 0 atom stereocenters. The molecular weight excluding hydrogens is 294 g/mol. The molecule has 112 valence electrons. The fourth-order valence-electron chi connectivity index (χ4n) is 1.62. The molecule has 6 heteroatoms. The zero-order valence-electron chi connectivity index (χ0n) is 12.3. The largest absolute Gasteiger partial charge is 0.479 e. The van der Waals surface area contributed by atoms with Gasteiger partial charge in [-0.2, -0.15) is 0 Å². The van der Waals surface area contributed by atoms with Gasteiger partial charge in [0.2, 0.25) is 10.3 Å². The Kier molecular flexibility index (Phi) is 6.55. The van der Waals surface area contributed by atoms with E-state index in [1.165, 1.54) is 11.8 Å².